The molecule has 0 saturated heterocycles. The van der Waals surface area contributed by atoms with Crippen LogP contribution in [0, 0.1) is 20.8 Å². The lowest BCUT2D eigenvalue weighted by atomic mass is 10.0. The van der Waals surface area contributed by atoms with Gasteiger partial charge in [-0.25, -0.2) is 0 Å². The van der Waals surface area contributed by atoms with Crippen molar-refractivity contribution < 1.29 is 9.59 Å². The van der Waals surface area contributed by atoms with Gasteiger partial charge in [-0.2, -0.15) is 0 Å². The van der Waals surface area contributed by atoms with Crippen molar-refractivity contribution in [1.82, 2.24) is 10.2 Å². The van der Waals surface area contributed by atoms with Crippen LogP contribution in [0.5, 0.6) is 0 Å². The normalized spacial score (nSPS) is 11.7. The summed E-state index contributed by atoms with van der Waals surface area (Å²) in [4.78, 5) is 27.0. The Labute approximate surface area is 156 Å². The third kappa shape index (κ3) is 4.72. The van der Waals surface area contributed by atoms with Gasteiger partial charge in [-0.05, 0) is 49.9 Å². The molecule has 1 N–H and O–H groups in total. The predicted octanol–water partition coefficient (Wildman–Crippen LogP) is 3.32. The first-order valence-electron chi connectivity index (χ1n) is 8.95. The molecule has 0 aliphatic rings. The van der Waals surface area contributed by atoms with Crippen LogP contribution in [0.3, 0.4) is 0 Å². The second-order valence-electron chi connectivity index (χ2n) is 6.85. The third-order valence-electron chi connectivity index (χ3n) is 4.86. The average Bonchev–Trinajstić information content (AvgIpc) is 2.62. The molecule has 0 aromatic heterocycles. The van der Waals surface area contributed by atoms with E-state index in [2.05, 4.69) is 5.32 Å². The molecule has 138 valence electrons. The van der Waals surface area contributed by atoms with Crippen LogP contribution >= 0.6 is 0 Å². The van der Waals surface area contributed by atoms with Gasteiger partial charge in [0, 0.05) is 13.6 Å². The molecule has 0 aliphatic heterocycles. The van der Waals surface area contributed by atoms with E-state index in [0.717, 1.165) is 27.8 Å². The van der Waals surface area contributed by atoms with Gasteiger partial charge in [0.15, 0.2) is 0 Å². The molecule has 0 radical (unpaired) electrons. The average molecular weight is 352 g/mol. The van der Waals surface area contributed by atoms with Crippen molar-refractivity contribution >= 4 is 11.8 Å². The molecule has 0 spiro atoms. The minimum absolute atomic E-state index is 0.0435. The van der Waals surface area contributed by atoms with Crippen LogP contribution in [-0.4, -0.2) is 29.8 Å². The van der Waals surface area contributed by atoms with Crippen molar-refractivity contribution in [3.05, 3.63) is 70.3 Å². The van der Waals surface area contributed by atoms with Gasteiger partial charge in [-0.3, -0.25) is 9.59 Å². The first-order valence-corrected chi connectivity index (χ1v) is 8.95. The largest absolute Gasteiger partial charge is 0.357 e. The number of nitrogens with one attached hydrogen (secondary N) is 1. The zero-order chi connectivity index (χ0) is 19.3. The van der Waals surface area contributed by atoms with E-state index >= 15 is 0 Å². The quantitative estimate of drug-likeness (QED) is 0.867. The van der Waals surface area contributed by atoms with Gasteiger partial charge in [-0.15, -0.1) is 0 Å². The zero-order valence-corrected chi connectivity index (χ0v) is 16.3. The number of nitrogens with zero attached hydrogens (tertiary/aromatic N) is 1. The summed E-state index contributed by atoms with van der Waals surface area (Å²) in [6.07, 6.45) is 0.292. The minimum Gasteiger partial charge on any atom is -0.357 e. The summed E-state index contributed by atoms with van der Waals surface area (Å²) in [6.45, 7) is 8.25. The standard InChI is InChI=1S/C22H28N2O2/c1-15-10-11-17(3)20(12-15)13-21(25)24(18(4)22(26)23-5)14-19-9-7-6-8-16(19)2/h6-12,18H,13-14H2,1-5H3,(H,23,26)/t18-/m1/s1. The lowest BCUT2D eigenvalue weighted by Gasteiger charge is -2.29. The van der Waals surface area contributed by atoms with Gasteiger partial charge in [-0.1, -0.05) is 48.0 Å². The maximum Gasteiger partial charge on any atom is 0.242 e. The molecule has 0 heterocycles. The maximum atomic E-state index is 13.1. The van der Waals surface area contributed by atoms with Gasteiger partial charge in [0.25, 0.3) is 0 Å². The Morgan fingerprint density at radius 2 is 1.65 bits per heavy atom. The van der Waals surface area contributed by atoms with Gasteiger partial charge >= 0.3 is 0 Å². The molecule has 0 unspecified atom stereocenters. The lowest BCUT2D eigenvalue weighted by Crippen LogP contribution is -2.47. The van der Waals surface area contributed by atoms with Crippen molar-refractivity contribution in [1.29, 1.82) is 0 Å². The lowest BCUT2D eigenvalue weighted by molar-refractivity contribution is -0.139. The molecule has 2 aromatic rings. The topological polar surface area (TPSA) is 49.4 Å². The van der Waals surface area contributed by atoms with Crippen molar-refractivity contribution in [2.45, 2.75) is 46.7 Å². The van der Waals surface area contributed by atoms with Crippen molar-refractivity contribution in [2.24, 2.45) is 0 Å². The molecule has 4 heteroatoms. The Morgan fingerprint density at radius 1 is 1.00 bits per heavy atom. The highest BCUT2D eigenvalue weighted by Gasteiger charge is 2.26. The minimum atomic E-state index is -0.530. The van der Waals surface area contributed by atoms with Crippen LogP contribution < -0.4 is 5.32 Å². The van der Waals surface area contributed by atoms with Crippen LogP contribution in [0.15, 0.2) is 42.5 Å². The summed E-state index contributed by atoms with van der Waals surface area (Å²) in [6, 6.07) is 13.6. The zero-order valence-electron chi connectivity index (χ0n) is 16.3. The van der Waals surface area contributed by atoms with E-state index in [1.165, 1.54) is 0 Å². The Balaban J connectivity index is 2.30. The van der Waals surface area contributed by atoms with E-state index in [1.807, 2.05) is 63.2 Å². The number of carbonyl (C=O) groups is 2. The smallest absolute Gasteiger partial charge is 0.242 e. The summed E-state index contributed by atoms with van der Waals surface area (Å²) in [5, 5.41) is 2.65. The molecule has 4 nitrogen and oxygen atoms in total. The maximum absolute atomic E-state index is 13.1. The molecular weight excluding hydrogens is 324 g/mol. The Hall–Kier alpha value is -2.62. The summed E-state index contributed by atoms with van der Waals surface area (Å²) >= 11 is 0. The van der Waals surface area contributed by atoms with Crippen LogP contribution in [0.2, 0.25) is 0 Å². The fourth-order valence-electron chi connectivity index (χ4n) is 3.02. The van der Waals surface area contributed by atoms with Crippen LogP contribution in [0.25, 0.3) is 0 Å². The van der Waals surface area contributed by atoms with Crippen molar-refractivity contribution in [3.63, 3.8) is 0 Å². The predicted molar refractivity (Wildman–Crippen MR) is 105 cm³/mol. The van der Waals surface area contributed by atoms with Gasteiger partial charge in [0.2, 0.25) is 11.8 Å². The van der Waals surface area contributed by atoms with E-state index in [9.17, 15) is 9.59 Å². The van der Waals surface area contributed by atoms with E-state index < -0.39 is 6.04 Å². The van der Waals surface area contributed by atoms with E-state index in [4.69, 9.17) is 0 Å². The number of hydrogen-bond donors (Lipinski definition) is 1. The van der Waals surface area contributed by atoms with Crippen molar-refractivity contribution in [3.8, 4) is 0 Å². The monoisotopic (exact) mass is 352 g/mol. The van der Waals surface area contributed by atoms with Crippen molar-refractivity contribution in [2.75, 3.05) is 7.05 Å². The molecule has 2 aromatic carbocycles. The van der Waals surface area contributed by atoms with E-state index in [0.29, 0.717) is 13.0 Å². The molecule has 0 saturated carbocycles. The number of likely N-dealkylation sites (N-methyl/N-ethyl adjacent to an activating group) is 1. The SMILES string of the molecule is CNC(=O)[C@@H](C)N(Cc1ccccc1C)C(=O)Cc1cc(C)ccc1C. The molecule has 0 fully saturated rings. The molecule has 1 atom stereocenters. The Bertz CT molecular complexity index is 798. The van der Waals surface area contributed by atoms with Gasteiger partial charge in [0.1, 0.15) is 6.04 Å². The number of rotatable bonds is 6. The molecule has 0 aliphatic carbocycles. The van der Waals surface area contributed by atoms with Crippen LogP contribution in [-0.2, 0) is 22.6 Å². The number of aryl methyl sites for hydroxylation is 3. The van der Waals surface area contributed by atoms with Crippen LogP contribution in [0.4, 0.5) is 0 Å². The molecular formula is C22H28N2O2. The summed E-state index contributed by atoms with van der Waals surface area (Å²) in [5.74, 6) is -0.203. The number of hydrogen-bond acceptors (Lipinski definition) is 2. The first kappa shape index (κ1) is 19.7. The summed E-state index contributed by atoms with van der Waals surface area (Å²) < 4.78 is 0. The second-order valence-corrected chi connectivity index (χ2v) is 6.85. The van der Waals surface area contributed by atoms with Gasteiger partial charge in [0.05, 0.1) is 6.42 Å². The molecule has 26 heavy (non-hydrogen) atoms. The third-order valence-corrected chi connectivity index (χ3v) is 4.86. The Kier molecular flexibility index (Phi) is 6.56. The highest BCUT2D eigenvalue weighted by Crippen LogP contribution is 2.17. The highest BCUT2D eigenvalue weighted by molar-refractivity contribution is 5.88. The molecule has 2 rings (SSSR count). The number of benzene rings is 2. The number of amides is 2. The highest BCUT2D eigenvalue weighted by atomic mass is 16.2. The first-order chi connectivity index (χ1) is 12.3. The fraction of sp³-hybridized carbons (Fsp3) is 0.364. The molecule has 2 amide bonds. The fourth-order valence-corrected chi connectivity index (χ4v) is 3.02. The second kappa shape index (κ2) is 8.65. The van der Waals surface area contributed by atoms with Gasteiger partial charge < -0.3 is 10.2 Å². The molecule has 0 bridgehead atoms. The number of carbonyl (C=O) groups excluding carboxylic acids is 2. The summed E-state index contributed by atoms with van der Waals surface area (Å²) in [7, 11) is 1.60. The van der Waals surface area contributed by atoms with E-state index in [-0.39, 0.29) is 11.8 Å². The van der Waals surface area contributed by atoms with E-state index in [1.54, 1.807) is 18.9 Å². The Morgan fingerprint density at radius 3 is 2.31 bits per heavy atom. The summed E-state index contributed by atoms with van der Waals surface area (Å²) in [5.41, 5.74) is 5.39. The van der Waals surface area contributed by atoms with Crippen LogP contribution in [0.1, 0.15) is 34.7 Å².